The van der Waals surface area contributed by atoms with Crippen molar-refractivity contribution in [2.24, 2.45) is 4.99 Å². The minimum absolute atomic E-state index is 0.0144. The van der Waals surface area contributed by atoms with Crippen LogP contribution in [0, 0.1) is 0 Å². The first-order valence-electron chi connectivity index (χ1n) is 5.90. The molecule has 92 valence electrons. The first kappa shape index (κ1) is 13.4. The van der Waals surface area contributed by atoms with Gasteiger partial charge in [-0.1, -0.05) is 30.3 Å². The second-order valence-electron chi connectivity index (χ2n) is 4.01. The standard InChI is InChI=1S/C14H19NO2/c1-12(17-13(2)16)7-6-10-15-11-14-8-4-3-5-9-14/h3-5,8-9,11-12H,6-7,10H2,1-2H3. The third-order valence-electron chi connectivity index (χ3n) is 2.30. The maximum atomic E-state index is 10.7. The van der Waals surface area contributed by atoms with Gasteiger partial charge in [-0.25, -0.2) is 0 Å². The molecular weight excluding hydrogens is 214 g/mol. The number of hydrogen-bond donors (Lipinski definition) is 0. The highest BCUT2D eigenvalue weighted by molar-refractivity contribution is 5.79. The van der Waals surface area contributed by atoms with Crippen LogP contribution in [-0.2, 0) is 9.53 Å². The Morgan fingerprint density at radius 2 is 2.12 bits per heavy atom. The topological polar surface area (TPSA) is 38.7 Å². The zero-order valence-electron chi connectivity index (χ0n) is 10.4. The van der Waals surface area contributed by atoms with E-state index in [1.807, 2.05) is 43.5 Å². The second-order valence-corrected chi connectivity index (χ2v) is 4.01. The van der Waals surface area contributed by atoms with Crippen LogP contribution in [-0.4, -0.2) is 24.8 Å². The van der Waals surface area contributed by atoms with Gasteiger partial charge in [0.1, 0.15) is 0 Å². The lowest BCUT2D eigenvalue weighted by Crippen LogP contribution is -2.12. The van der Waals surface area contributed by atoms with E-state index < -0.39 is 0 Å². The maximum Gasteiger partial charge on any atom is 0.302 e. The van der Waals surface area contributed by atoms with Crippen molar-refractivity contribution in [2.45, 2.75) is 32.8 Å². The molecule has 1 aromatic carbocycles. The molecule has 0 saturated heterocycles. The van der Waals surface area contributed by atoms with Crippen LogP contribution in [0.2, 0.25) is 0 Å². The summed E-state index contributed by atoms with van der Waals surface area (Å²) in [6.07, 6.45) is 3.64. The average molecular weight is 233 g/mol. The van der Waals surface area contributed by atoms with Gasteiger partial charge in [-0.15, -0.1) is 0 Å². The molecule has 0 aliphatic heterocycles. The molecule has 0 bridgehead atoms. The summed E-state index contributed by atoms with van der Waals surface area (Å²) in [6, 6.07) is 10.0. The molecular formula is C14H19NO2. The van der Waals surface area contributed by atoms with E-state index >= 15 is 0 Å². The molecule has 1 aromatic rings. The number of ether oxygens (including phenoxy) is 1. The molecule has 0 aromatic heterocycles. The van der Waals surface area contributed by atoms with Crippen LogP contribution >= 0.6 is 0 Å². The number of carbonyl (C=O) groups excluding carboxylic acids is 1. The molecule has 3 nitrogen and oxygen atoms in total. The minimum Gasteiger partial charge on any atom is -0.463 e. The van der Waals surface area contributed by atoms with Gasteiger partial charge in [-0.2, -0.15) is 0 Å². The van der Waals surface area contributed by atoms with E-state index in [1.54, 1.807) is 0 Å². The maximum absolute atomic E-state index is 10.7. The Morgan fingerprint density at radius 3 is 2.76 bits per heavy atom. The smallest absolute Gasteiger partial charge is 0.302 e. The van der Waals surface area contributed by atoms with Crippen molar-refractivity contribution in [3.05, 3.63) is 35.9 Å². The zero-order chi connectivity index (χ0) is 12.5. The summed E-state index contributed by atoms with van der Waals surface area (Å²) in [7, 11) is 0. The average Bonchev–Trinajstić information content (AvgIpc) is 2.29. The van der Waals surface area contributed by atoms with Crippen LogP contribution in [0.5, 0.6) is 0 Å². The first-order valence-corrected chi connectivity index (χ1v) is 5.90. The fourth-order valence-electron chi connectivity index (χ4n) is 1.52. The van der Waals surface area contributed by atoms with Gasteiger partial charge in [-0.3, -0.25) is 9.79 Å². The summed E-state index contributed by atoms with van der Waals surface area (Å²) in [5, 5.41) is 0. The van der Waals surface area contributed by atoms with E-state index in [4.69, 9.17) is 4.74 Å². The van der Waals surface area contributed by atoms with E-state index in [0.717, 1.165) is 24.9 Å². The van der Waals surface area contributed by atoms with Crippen molar-refractivity contribution in [1.29, 1.82) is 0 Å². The van der Waals surface area contributed by atoms with Crippen molar-refractivity contribution in [3.8, 4) is 0 Å². The van der Waals surface area contributed by atoms with Crippen molar-refractivity contribution < 1.29 is 9.53 Å². The Kier molecular flexibility index (Phi) is 6.00. The molecule has 1 unspecified atom stereocenters. The number of carbonyl (C=O) groups is 1. The van der Waals surface area contributed by atoms with Gasteiger partial charge < -0.3 is 4.74 Å². The second kappa shape index (κ2) is 7.60. The van der Waals surface area contributed by atoms with Crippen molar-refractivity contribution >= 4 is 12.2 Å². The van der Waals surface area contributed by atoms with Gasteiger partial charge in [-0.05, 0) is 25.3 Å². The molecule has 0 amide bonds. The molecule has 0 fully saturated rings. The van der Waals surface area contributed by atoms with Crippen molar-refractivity contribution in [1.82, 2.24) is 0 Å². The fraction of sp³-hybridized carbons (Fsp3) is 0.429. The molecule has 1 atom stereocenters. The SMILES string of the molecule is CC(=O)OC(C)CCCN=Cc1ccccc1. The molecule has 0 heterocycles. The van der Waals surface area contributed by atoms with Gasteiger partial charge in [0.2, 0.25) is 0 Å². The molecule has 0 saturated carbocycles. The third kappa shape index (κ3) is 6.51. The number of nitrogens with zero attached hydrogens (tertiary/aromatic N) is 1. The van der Waals surface area contributed by atoms with Crippen molar-refractivity contribution in [3.63, 3.8) is 0 Å². The van der Waals surface area contributed by atoms with Crippen LogP contribution in [0.15, 0.2) is 35.3 Å². The Hall–Kier alpha value is -1.64. The van der Waals surface area contributed by atoms with Gasteiger partial charge in [0.15, 0.2) is 0 Å². The minimum atomic E-state index is -0.217. The summed E-state index contributed by atoms with van der Waals surface area (Å²) in [5.41, 5.74) is 1.11. The highest BCUT2D eigenvalue weighted by Gasteiger charge is 2.03. The Balaban J connectivity index is 2.16. The summed E-state index contributed by atoms with van der Waals surface area (Å²) in [5.74, 6) is -0.217. The summed E-state index contributed by atoms with van der Waals surface area (Å²) in [4.78, 5) is 15.0. The quantitative estimate of drug-likeness (QED) is 0.430. The number of benzene rings is 1. The fourth-order valence-corrected chi connectivity index (χ4v) is 1.52. The lowest BCUT2D eigenvalue weighted by Gasteiger charge is -2.09. The van der Waals surface area contributed by atoms with E-state index in [0.29, 0.717) is 0 Å². The zero-order valence-corrected chi connectivity index (χ0v) is 10.4. The number of esters is 1. The molecule has 0 radical (unpaired) electrons. The van der Waals surface area contributed by atoms with Crippen LogP contribution < -0.4 is 0 Å². The number of rotatable bonds is 6. The summed E-state index contributed by atoms with van der Waals surface area (Å²) >= 11 is 0. The van der Waals surface area contributed by atoms with Crippen molar-refractivity contribution in [2.75, 3.05) is 6.54 Å². The third-order valence-corrected chi connectivity index (χ3v) is 2.30. The van der Waals surface area contributed by atoms with Crippen LogP contribution in [0.1, 0.15) is 32.3 Å². The molecule has 0 aliphatic carbocycles. The predicted molar refractivity (Wildman–Crippen MR) is 69.4 cm³/mol. The Morgan fingerprint density at radius 1 is 1.41 bits per heavy atom. The molecule has 17 heavy (non-hydrogen) atoms. The van der Waals surface area contributed by atoms with Gasteiger partial charge >= 0.3 is 5.97 Å². The highest BCUT2D eigenvalue weighted by atomic mass is 16.5. The van der Waals surface area contributed by atoms with Gasteiger partial charge in [0.25, 0.3) is 0 Å². The van der Waals surface area contributed by atoms with E-state index in [2.05, 4.69) is 4.99 Å². The molecule has 0 aliphatic rings. The largest absolute Gasteiger partial charge is 0.463 e. The number of hydrogen-bond acceptors (Lipinski definition) is 3. The van der Waals surface area contributed by atoms with Crippen LogP contribution in [0.4, 0.5) is 0 Å². The van der Waals surface area contributed by atoms with E-state index in [9.17, 15) is 4.79 Å². The van der Waals surface area contributed by atoms with E-state index in [1.165, 1.54) is 6.92 Å². The molecule has 0 spiro atoms. The first-order chi connectivity index (χ1) is 8.18. The molecule has 1 rings (SSSR count). The Labute approximate surface area is 103 Å². The van der Waals surface area contributed by atoms with Gasteiger partial charge in [0, 0.05) is 19.7 Å². The monoisotopic (exact) mass is 233 g/mol. The summed E-state index contributed by atoms with van der Waals surface area (Å²) < 4.78 is 5.02. The Bertz CT molecular complexity index is 360. The highest BCUT2D eigenvalue weighted by Crippen LogP contribution is 2.02. The predicted octanol–water partition coefficient (Wildman–Crippen LogP) is 2.84. The lowest BCUT2D eigenvalue weighted by atomic mass is 10.2. The normalized spacial score (nSPS) is 12.6. The molecule has 0 N–H and O–H groups in total. The lowest BCUT2D eigenvalue weighted by molar-refractivity contribution is -0.145. The van der Waals surface area contributed by atoms with Crippen LogP contribution in [0.25, 0.3) is 0 Å². The van der Waals surface area contributed by atoms with E-state index in [-0.39, 0.29) is 12.1 Å². The number of aliphatic imine (C=N–C) groups is 1. The summed E-state index contributed by atoms with van der Waals surface area (Å²) in [6.45, 7) is 4.10. The molecule has 3 heteroatoms. The van der Waals surface area contributed by atoms with Crippen LogP contribution in [0.3, 0.4) is 0 Å². The van der Waals surface area contributed by atoms with Gasteiger partial charge in [0.05, 0.1) is 6.10 Å².